The fourth-order valence-corrected chi connectivity index (χ4v) is 2.57. The van der Waals surface area contributed by atoms with Crippen molar-refractivity contribution in [1.29, 1.82) is 0 Å². The lowest BCUT2D eigenvalue weighted by molar-refractivity contribution is 0.410. The Balaban J connectivity index is 2.15. The van der Waals surface area contributed by atoms with Gasteiger partial charge in [0.05, 0.1) is 7.11 Å². The fourth-order valence-electron chi connectivity index (χ4n) is 1.83. The van der Waals surface area contributed by atoms with Crippen molar-refractivity contribution in [3.8, 4) is 5.75 Å². The molecule has 0 bridgehead atoms. The molecule has 0 saturated heterocycles. The van der Waals surface area contributed by atoms with E-state index >= 15 is 0 Å². The van der Waals surface area contributed by atoms with E-state index in [0.717, 1.165) is 5.56 Å². The minimum atomic E-state index is -0.316. The van der Waals surface area contributed by atoms with Crippen molar-refractivity contribution in [3.63, 3.8) is 0 Å². The van der Waals surface area contributed by atoms with Gasteiger partial charge < -0.3 is 4.74 Å². The highest BCUT2D eigenvalue weighted by atomic mass is 79.9. The molecule has 19 heavy (non-hydrogen) atoms. The fraction of sp³-hybridized carbons (Fsp3) is 0.200. The van der Waals surface area contributed by atoms with Crippen LogP contribution in [0.15, 0.2) is 42.5 Å². The first kappa shape index (κ1) is 14.0. The molecule has 0 aliphatic carbocycles. The molecule has 100 valence electrons. The first-order valence-electron chi connectivity index (χ1n) is 5.82. The molecule has 0 spiro atoms. The Hall–Kier alpha value is -1.42. The average Bonchev–Trinajstić information content (AvgIpc) is 2.41. The van der Waals surface area contributed by atoms with Gasteiger partial charge in [-0.2, -0.15) is 0 Å². The molecule has 0 amide bonds. The van der Waals surface area contributed by atoms with Gasteiger partial charge in [-0.3, -0.25) is 0 Å². The van der Waals surface area contributed by atoms with Crippen molar-refractivity contribution in [2.45, 2.75) is 11.2 Å². The standard InChI is InChI=1S/C15H13BrF2O/c1-19-12-6-7-13(15(18)9-12)14(16)8-10-2-4-11(17)5-3-10/h2-7,9,14H,8H2,1H3. The maximum Gasteiger partial charge on any atom is 0.131 e. The lowest BCUT2D eigenvalue weighted by Crippen LogP contribution is -1.99. The maximum absolute atomic E-state index is 13.9. The van der Waals surface area contributed by atoms with Gasteiger partial charge in [0.2, 0.25) is 0 Å². The van der Waals surface area contributed by atoms with Crippen LogP contribution in [0, 0.1) is 11.6 Å². The van der Waals surface area contributed by atoms with Gasteiger partial charge in [0, 0.05) is 16.5 Å². The summed E-state index contributed by atoms with van der Waals surface area (Å²) in [7, 11) is 1.50. The number of rotatable bonds is 4. The van der Waals surface area contributed by atoms with E-state index in [1.807, 2.05) is 0 Å². The molecule has 2 aromatic rings. The largest absolute Gasteiger partial charge is 0.497 e. The van der Waals surface area contributed by atoms with Crippen molar-refractivity contribution < 1.29 is 13.5 Å². The number of hydrogen-bond donors (Lipinski definition) is 0. The number of methoxy groups -OCH3 is 1. The lowest BCUT2D eigenvalue weighted by Gasteiger charge is -2.12. The zero-order valence-corrected chi connectivity index (χ0v) is 12.0. The number of ether oxygens (including phenoxy) is 1. The summed E-state index contributed by atoms with van der Waals surface area (Å²) >= 11 is 3.46. The smallest absolute Gasteiger partial charge is 0.131 e. The normalized spacial score (nSPS) is 12.2. The van der Waals surface area contributed by atoms with E-state index in [1.54, 1.807) is 24.3 Å². The summed E-state index contributed by atoms with van der Waals surface area (Å²) in [5, 5.41) is 0. The molecule has 1 nitrogen and oxygen atoms in total. The SMILES string of the molecule is COc1ccc(C(Br)Cc2ccc(F)cc2)c(F)c1. The predicted molar refractivity (Wildman–Crippen MR) is 74.7 cm³/mol. The molecule has 0 N–H and O–H groups in total. The first-order chi connectivity index (χ1) is 9.10. The van der Waals surface area contributed by atoms with Crippen molar-refractivity contribution in [1.82, 2.24) is 0 Å². The molecular formula is C15H13BrF2O. The van der Waals surface area contributed by atoms with Gasteiger partial charge in [-0.15, -0.1) is 0 Å². The van der Waals surface area contributed by atoms with Crippen molar-refractivity contribution in [2.24, 2.45) is 0 Å². The van der Waals surface area contributed by atoms with Gasteiger partial charge in [0.15, 0.2) is 0 Å². The molecule has 2 aromatic carbocycles. The third kappa shape index (κ3) is 3.53. The number of benzene rings is 2. The van der Waals surface area contributed by atoms with Crippen LogP contribution in [0.3, 0.4) is 0 Å². The number of halogens is 3. The minimum absolute atomic E-state index is 0.163. The Morgan fingerprint density at radius 3 is 2.37 bits per heavy atom. The van der Waals surface area contributed by atoms with Gasteiger partial charge in [-0.05, 0) is 30.2 Å². The molecule has 0 aliphatic rings. The van der Waals surface area contributed by atoms with E-state index in [0.29, 0.717) is 17.7 Å². The van der Waals surface area contributed by atoms with Gasteiger partial charge in [-0.1, -0.05) is 34.1 Å². The quantitative estimate of drug-likeness (QED) is 0.743. The highest BCUT2D eigenvalue weighted by Gasteiger charge is 2.14. The van der Waals surface area contributed by atoms with E-state index in [4.69, 9.17) is 4.74 Å². The van der Waals surface area contributed by atoms with Crippen LogP contribution in [0.5, 0.6) is 5.75 Å². The Morgan fingerprint density at radius 1 is 1.11 bits per heavy atom. The molecule has 1 unspecified atom stereocenters. The lowest BCUT2D eigenvalue weighted by atomic mass is 10.0. The summed E-state index contributed by atoms with van der Waals surface area (Å²) in [6.45, 7) is 0. The third-order valence-corrected chi connectivity index (χ3v) is 3.69. The van der Waals surface area contributed by atoms with Crippen LogP contribution in [-0.2, 0) is 6.42 Å². The second-order valence-corrected chi connectivity index (χ2v) is 5.29. The van der Waals surface area contributed by atoms with Crippen molar-refractivity contribution >= 4 is 15.9 Å². The van der Waals surface area contributed by atoms with Crippen LogP contribution < -0.4 is 4.74 Å². The van der Waals surface area contributed by atoms with Crippen molar-refractivity contribution in [3.05, 3.63) is 65.2 Å². The summed E-state index contributed by atoms with van der Waals surface area (Å²) in [5.74, 6) is -0.100. The third-order valence-electron chi connectivity index (χ3n) is 2.87. The van der Waals surface area contributed by atoms with E-state index in [-0.39, 0.29) is 16.5 Å². The van der Waals surface area contributed by atoms with Crippen LogP contribution in [0.25, 0.3) is 0 Å². The molecule has 0 radical (unpaired) electrons. The molecule has 0 fully saturated rings. The van der Waals surface area contributed by atoms with Crippen molar-refractivity contribution in [2.75, 3.05) is 7.11 Å². The average molecular weight is 327 g/mol. The van der Waals surface area contributed by atoms with E-state index in [9.17, 15) is 8.78 Å². The number of hydrogen-bond acceptors (Lipinski definition) is 1. The van der Waals surface area contributed by atoms with Crippen LogP contribution >= 0.6 is 15.9 Å². The molecule has 0 aliphatic heterocycles. The van der Waals surface area contributed by atoms with Crippen LogP contribution in [0.2, 0.25) is 0 Å². The highest BCUT2D eigenvalue weighted by molar-refractivity contribution is 9.09. The van der Waals surface area contributed by atoms with Gasteiger partial charge in [-0.25, -0.2) is 8.78 Å². The summed E-state index contributed by atoms with van der Waals surface area (Å²) in [5.41, 5.74) is 1.50. The molecule has 1 atom stereocenters. The molecular weight excluding hydrogens is 314 g/mol. The summed E-state index contributed by atoms with van der Waals surface area (Å²) in [6.07, 6.45) is 0.587. The molecule has 0 saturated carbocycles. The van der Waals surface area contributed by atoms with Crippen LogP contribution in [0.4, 0.5) is 8.78 Å². The maximum atomic E-state index is 13.9. The van der Waals surface area contributed by atoms with Gasteiger partial charge >= 0.3 is 0 Å². The van der Waals surface area contributed by atoms with E-state index < -0.39 is 0 Å². The summed E-state index contributed by atoms with van der Waals surface area (Å²) in [6, 6.07) is 11.0. The zero-order valence-electron chi connectivity index (χ0n) is 10.4. The topological polar surface area (TPSA) is 9.23 Å². The Morgan fingerprint density at radius 2 is 1.79 bits per heavy atom. The summed E-state index contributed by atoms with van der Waals surface area (Å²) in [4.78, 5) is -0.163. The molecule has 0 aromatic heterocycles. The summed E-state index contributed by atoms with van der Waals surface area (Å²) < 4.78 is 31.7. The van der Waals surface area contributed by atoms with Crippen LogP contribution in [0.1, 0.15) is 16.0 Å². The molecule has 2 rings (SSSR count). The second kappa shape index (κ2) is 6.15. The molecule has 4 heteroatoms. The Labute approximate surface area is 119 Å². The van der Waals surface area contributed by atoms with Crippen LogP contribution in [-0.4, -0.2) is 7.11 Å². The monoisotopic (exact) mass is 326 g/mol. The van der Waals surface area contributed by atoms with Gasteiger partial charge in [0.1, 0.15) is 17.4 Å². The first-order valence-corrected chi connectivity index (χ1v) is 6.73. The van der Waals surface area contributed by atoms with E-state index in [1.165, 1.54) is 25.3 Å². The number of alkyl halides is 1. The second-order valence-electron chi connectivity index (χ2n) is 4.19. The minimum Gasteiger partial charge on any atom is -0.497 e. The Kier molecular flexibility index (Phi) is 4.53. The predicted octanol–water partition coefficient (Wildman–Crippen LogP) is 4.65. The highest BCUT2D eigenvalue weighted by Crippen LogP contribution is 2.30. The Bertz CT molecular complexity index is 555. The van der Waals surface area contributed by atoms with E-state index in [2.05, 4.69) is 15.9 Å². The zero-order chi connectivity index (χ0) is 13.8. The molecule has 0 heterocycles. The van der Waals surface area contributed by atoms with Gasteiger partial charge in [0.25, 0.3) is 0 Å².